The maximum absolute atomic E-state index is 13.7. The molecule has 2 aromatic rings. The lowest BCUT2D eigenvalue weighted by Gasteiger charge is -2.37. The number of ether oxygens (including phenoxy) is 3. The average Bonchev–Trinajstić information content (AvgIpc) is 2.86. The van der Waals surface area contributed by atoms with E-state index >= 15 is 0 Å². The highest BCUT2D eigenvalue weighted by atomic mass is 16.5. The minimum Gasteiger partial charge on any atom is -0.497 e. The second kappa shape index (κ2) is 10.4. The summed E-state index contributed by atoms with van der Waals surface area (Å²) < 4.78 is 16.6. The number of Topliss-reactive ketones (excluding diaryl/α,β-unsaturated/α-hetero) is 1. The van der Waals surface area contributed by atoms with Gasteiger partial charge >= 0.3 is 5.97 Å². The second-order valence-electron chi connectivity index (χ2n) is 9.52. The fourth-order valence-corrected chi connectivity index (χ4v) is 4.96. The first kappa shape index (κ1) is 24.6. The molecule has 6 nitrogen and oxygen atoms in total. The molecule has 0 aromatic heterocycles. The maximum atomic E-state index is 13.7. The Morgan fingerprint density at radius 1 is 1.03 bits per heavy atom. The first-order valence-corrected chi connectivity index (χ1v) is 12.0. The standard InChI is InChI=1S/C29H33NO5/c1-17(2)16-35-29(32)26-18(3)30-23-14-20(19-10-12-21(33-4)13-11-19)15-24(31)28(23)27(26)22-8-6-7-9-25(22)34-5/h6-13,17,20,27,30H,14-16H2,1-5H3. The number of ketones is 1. The Morgan fingerprint density at radius 3 is 2.40 bits per heavy atom. The van der Waals surface area contributed by atoms with Crippen molar-refractivity contribution < 1.29 is 23.8 Å². The highest BCUT2D eigenvalue weighted by Gasteiger charge is 2.42. The number of carbonyl (C=O) groups excluding carboxylic acids is 2. The molecular formula is C29H33NO5. The highest BCUT2D eigenvalue weighted by Crippen LogP contribution is 2.47. The fourth-order valence-electron chi connectivity index (χ4n) is 4.96. The van der Waals surface area contributed by atoms with Crippen LogP contribution in [0.3, 0.4) is 0 Å². The highest BCUT2D eigenvalue weighted by molar-refractivity contribution is 6.04. The van der Waals surface area contributed by atoms with Crippen molar-refractivity contribution in [1.29, 1.82) is 0 Å². The molecule has 1 heterocycles. The van der Waals surface area contributed by atoms with E-state index < -0.39 is 11.9 Å². The SMILES string of the molecule is COc1ccc(C2CC(=O)C3=C(C2)NC(C)=C(C(=O)OCC(C)C)C3c2ccccc2OC)cc1. The van der Waals surface area contributed by atoms with E-state index in [-0.39, 0.29) is 17.6 Å². The Labute approximate surface area is 207 Å². The number of dihydropyridines is 1. The molecule has 4 rings (SSSR count). The van der Waals surface area contributed by atoms with E-state index in [1.165, 1.54) is 0 Å². The molecule has 2 aromatic carbocycles. The van der Waals surface area contributed by atoms with Gasteiger partial charge in [-0.05, 0) is 48.9 Å². The van der Waals surface area contributed by atoms with Crippen molar-refractivity contribution in [2.45, 2.75) is 45.4 Å². The molecular weight excluding hydrogens is 442 g/mol. The number of para-hydroxylation sites is 1. The summed E-state index contributed by atoms with van der Waals surface area (Å²) in [6.45, 7) is 6.18. The average molecular weight is 476 g/mol. The molecule has 0 saturated carbocycles. The van der Waals surface area contributed by atoms with Crippen LogP contribution in [0.4, 0.5) is 0 Å². The minimum absolute atomic E-state index is 0.0251. The number of rotatable bonds is 7. The lowest BCUT2D eigenvalue weighted by atomic mass is 9.71. The normalized spacial score (nSPS) is 19.9. The Bertz CT molecular complexity index is 1180. The van der Waals surface area contributed by atoms with Gasteiger partial charge in [0, 0.05) is 29.0 Å². The zero-order chi connectivity index (χ0) is 25.1. The Morgan fingerprint density at radius 2 is 1.74 bits per heavy atom. The molecule has 0 saturated heterocycles. The van der Waals surface area contributed by atoms with Gasteiger partial charge in [0.1, 0.15) is 11.5 Å². The summed E-state index contributed by atoms with van der Waals surface area (Å²) in [5.41, 5.74) is 4.53. The monoisotopic (exact) mass is 475 g/mol. The number of hydrogen-bond donors (Lipinski definition) is 1. The number of benzene rings is 2. The Kier molecular flexibility index (Phi) is 7.29. The van der Waals surface area contributed by atoms with Crippen LogP contribution in [0.15, 0.2) is 71.1 Å². The van der Waals surface area contributed by atoms with Crippen LogP contribution < -0.4 is 14.8 Å². The smallest absolute Gasteiger partial charge is 0.336 e. The van der Waals surface area contributed by atoms with Crippen LogP contribution in [0, 0.1) is 5.92 Å². The maximum Gasteiger partial charge on any atom is 0.336 e. The predicted octanol–water partition coefficient (Wildman–Crippen LogP) is 5.26. The van der Waals surface area contributed by atoms with Gasteiger partial charge in [-0.3, -0.25) is 4.79 Å². The van der Waals surface area contributed by atoms with Crippen molar-refractivity contribution in [2.75, 3.05) is 20.8 Å². The fraction of sp³-hybridized carbons (Fsp3) is 0.379. The van der Waals surface area contributed by atoms with E-state index in [1.807, 2.05) is 69.3 Å². The largest absolute Gasteiger partial charge is 0.497 e. The molecule has 6 heteroatoms. The molecule has 0 bridgehead atoms. The number of allylic oxidation sites excluding steroid dienone is 3. The van der Waals surface area contributed by atoms with Crippen molar-refractivity contribution in [1.82, 2.24) is 5.32 Å². The molecule has 2 atom stereocenters. The number of carbonyl (C=O) groups is 2. The van der Waals surface area contributed by atoms with E-state index in [4.69, 9.17) is 14.2 Å². The van der Waals surface area contributed by atoms with Crippen molar-refractivity contribution in [3.63, 3.8) is 0 Å². The van der Waals surface area contributed by atoms with Gasteiger partial charge in [-0.25, -0.2) is 4.79 Å². The molecule has 1 N–H and O–H groups in total. The van der Waals surface area contributed by atoms with Gasteiger partial charge in [0.2, 0.25) is 0 Å². The first-order chi connectivity index (χ1) is 16.8. The van der Waals surface area contributed by atoms with Gasteiger partial charge in [-0.2, -0.15) is 0 Å². The van der Waals surface area contributed by atoms with Crippen LogP contribution in [-0.2, 0) is 14.3 Å². The predicted molar refractivity (Wildman–Crippen MR) is 134 cm³/mol. The molecule has 0 spiro atoms. The Balaban J connectivity index is 1.77. The number of methoxy groups -OCH3 is 2. The summed E-state index contributed by atoms with van der Waals surface area (Å²) in [5, 5.41) is 3.40. The quantitative estimate of drug-likeness (QED) is 0.551. The van der Waals surface area contributed by atoms with Gasteiger partial charge in [0.25, 0.3) is 0 Å². The second-order valence-corrected chi connectivity index (χ2v) is 9.52. The lowest BCUT2D eigenvalue weighted by molar-refractivity contribution is -0.140. The van der Waals surface area contributed by atoms with Gasteiger partial charge in [0.05, 0.1) is 32.3 Å². The molecule has 35 heavy (non-hydrogen) atoms. The molecule has 2 unspecified atom stereocenters. The van der Waals surface area contributed by atoms with Crippen molar-refractivity contribution in [3.05, 3.63) is 82.2 Å². The van der Waals surface area contributed by atoms with Crippen LogP contribution in [0.5, 0.6) is 11.5 Å². The minimum atomic E-state index is -0.550. The van der Waals surface area contributed by atoms with Crippen molar-refractivity contribution >= 4 is 11.8 Å². The molecule has 0 fully saturated rings. The summed E-state index contributed by atoms with van der Waals surface area (Å²) >= 11 is 0. The van der Waals surface area contributed by atoms with E-state index in [0.29, 0.717) is 42.0 Å². The third-order valence-corrected chi connectivity index (χ3v) is 6.63. The van der Waals surface area contributed by atoms with Gasteiger partial charge in [-0.1, -0.05) is 44.2 Å². The lowest BCUT2D eigenvalue weighted by Crippen LogP contribution is -2.36. The molecule has 1 aliphatic carbocycles. The zero-order valence-corrected chi connectivity index (χ0v) is 21.0. The van der Waals surface area contributed by atoms with Crippen molar-refractivity contribution in [2.24, 2.45) is 5.92 Å². The molecule has 184 valence electrons. The van der Waals surface area contributed by atoms with Crippen LogP contribution in [0.25, 0.3) is 0 Å². The van der Waals surface area contributed by atoms with Crippen LogP contribution in [-0.4, -0.2) is 32.6 Å². The molecule has 0 amide bonds. The van der Waals surface area contributed by atoms with E-state index in [0.717, 1.165) is 22.6 Å². The molecule has 2 aliphatic rings. The molecule has 1 aliphatic heterocycles. The third kappa shape index (κ3) is 4.97. The number of esters is 1. The summed E-state index contributed by atoms with van der Waals surface area (Å²) in [7, 11) is 3.24. The zero-order valence-electron chi connectivity index (χ0n) is 21.0. The summed E-state index contributed by atoms with van der Waals surface area (Å²) in [6.07, 6.45) is 1.04. The van der Waals surface area contributed by atoms with Crippen LogP contribution >= 0.6 is 0 Å². The van der Waals surface area contributed by atoms with Gasteiger partial charge in [0.15, 0.2) is 5.78 Å². The van der Waals surface area contributed by atoms with Crippen LogP contribution in [0.2, 0.25) is 0 Å². The van der Waals surface area contributed by atoms with Crippen LogP contribution in [0.1, 0.15) is 56.6 Å². The van der Waals surface area contributed by atoms with E-state index in [1.54, 1.807) is 14.2 Å². The van der Waals surface area contributed by atoms with Gasteiger partial charge < -0.3 is 19.5 Å². The number of hydrogen-bond acceptors (Lipinski definition) is 6. The summed E-state index contributed by atoms with van der Waals surface area (Å²) in [5.74, 6) is 0.738. The van der Waals surface area contributed by atoms with E-state index in [9.17, 15) is 9.59 Å². The molecule has 0 radical (unpaired) electrons. The number of nitrogens with one attached hydrogen (secondary N) is 1. The summed E-state index contributed by atoms with van der Waals surface area (Å²) in [4.78, 5) is 27.0. The Hall–Kier alpha value is -3.54. The first-order valence-electron chi connectivity index (χ1n) is 12.0. The van der Waals surface area contributed by atoms with E-state index in [2.05, 4.69) is 5.32 Å². The van der Waals surface area contributed by atoms with Crippen molar-refractivity contribution in [3.8, 4) is 11.5 Å². The third-order valence-electron chi connectivity index (χ3n) is 6.63. The van der Waals surface area contributed by atoms with Gasteiger partial charge in [-0.15, -0.1) is 0 Å². The topological polar surface area (TPSA) is 73.9 Å². The summed E-state index contributed by atoms with van der Waals surface area (Å²) in [6, 6.07) is 15.4.